The van der Waals surface area contributed by atoms with Gasteiger partial charge in [0.25, 0.3) is 5.69 Å². The lowest BCUT2D eigenvalue weighted by atomic mass is 9.90. The van der Waals surface area contributed by atoms with E-state index in [0.29, 0.717) is 17.5 Å². The number of nitro groups is 1. The molecule has 2 aliphatic carbocycles. The van der Waals surface area contributed by atoms with E-state index >= 15 is 0 Å². The molecule has 1 saturated carbocycles. The third-order valence-electron chi connectivity index (χ3n) is 4.11. The molecule has 2 atom stereocenters. The molecule has 1 aromatic carbocycles. The van der Waals surface area contributed by atoms with Crippen LogP contribution in [0.5, 0.6) is 0 Å². The van der Waals surface area contributed by atoms with Gasteiger partial charge < -0.3 is 0 Å². The second-order valence-electron chi connectivity index (χ2n) is 5.18. The van der Waals surface area contributed by atoms with Gasteiger partial charge in [-0.3, -0.25) is 10.1 Å². The van der Waals surface area contributed by atoms with Crippen LogP contribution in [0.1, 0.15) is 49.7 Å². The standard InChI is InChI=1S/C14H15NO2/c1-8(2)13-10-6-7-11(13)14-9(10)4-3-5-12(14)15(16)17/h3-5,10-11H,6-7H2,1-2H3/t10-,11-/m0/s1. The van der Waals surface area contributed by atoms with Gasteiger partial charge in [0.15, 0.2) is 0 Å². The Hall–Kier alpha value is -1.64. The zero-order valence-corrected chi connectivity index (χ0v) is 10.1. The van der Waals surface area contributed by atoms with Gasteiger partial charge in [-0.2, -0.15) is 0 Å². The Labute approximate surface area is 100 Å². The summed E-state index contributed by atoms with van der Waals surface area (Å²) in [6.45, 7) is 4.25. The van der Waals surface area contributed by atoms with Crippen molar-refractivity contribution in [1.29, 1.82) is 0 Å². The molecule has 0 aliphatic heterocycles. The molecule has 0 amide bonds. The fraction of sp³-hybridized carbons (Fsp3) is 0.429. The van der Waals surface area contributed by atoms with Gasteiger partial charge in [-0.1, -0.05) is 23.3 Å². The summed E-state index contributed by atoms with van der Waals surface area (Å²) in [6.07, 6.45) is 2.22. The number of nitro benzene ring substituents is 1. The third kappa shape index (κ3) is 1.28. The third-order valence-corrected chi connectivity index (χ3v) is 4.11. The molecule has 0 aromatic heterocycles. The van der Waals surface area contributed by atoms with Crippen molar-refractivity contribution < 1.29 is 4.92 Å². The summed E-state index contributed by atoms with van der Waals surface area (Å²) in [6, 6.07) is 5.53. The molecule has 3 nitrogen and oxygen atoms in total. The van der Waals surface area contributed by atoms with Gasteiger partial charge in [0.2, 0.25) is 0 Å². The van der Waals surface area contributed by atoms with E-state index in [0.717, 1.165) is 18.4 Å². The highest BCUT2D eigenvalue weighted by Gasteiger charge is 2.45. The Morgan fingerprint density at radius 2 is 2.00 bits per heavy atom. The van der Waals surface area contributed by atoms with E-state index in [-0.39, 0.29) is 4.92 Å². The smallest absolute Gasteiger partial charge is 0.258 e. The SMILES string of the molecule is CC(C)=C1[C@H]2CC[C@@H]1c1c2cccc1[N+](=O)[O-]. The van der Waals surface area contributed by atoms with E-state index in [2.05, 4.69) is 19.9 Å². The number of hydrogen-bond acceptors (Lipinski definition) is 2. The molecule has 0 unspecified atom stereocenters. The van der Waals surface area contributed by atoms with Crippen molar-refractivity contribution in [2.45, 2.75) is 38.5 Å². The van der Waals surface area contributed by atoms with Gasteiger partial charge in [-0.05, 0) is 32.3 Å². The molecule has 3 rings (SSSR count). The zero-order valence-electron chi connectivity index (χ0n) is 10.1. The van der Waals surface area contributed by atoms with Crippen molar-refractivity contribution in [2.75, 3.05) is 0 Å². The number of hydrogen-bond donors (Lipinski definition) is 0. The first kappa shape index (κ1) is 10.5. The van der Waals surface area contributed by atoms with Crippen LogP contribution in [0.25, 0.3) is 0 Å². The molecule has 0 radical (unpaired) electrons. The van der Waals surface area contributed by atoms with E-state index in [1.54, 1.807) is 6.07 Å². The zero-order chi connectivity index (χ0) is 12.2. The minimum Gasteiger partial charge on any atom is -0.258 e. The fourth-order valence-corrected chi connectivity index (χ4v) is 3.62. The van der Waals surface area contributed by atoms with Crippen molar-refractivity contribution >= 4 is 5.69 Å². The molecule has 1 aromatic rings. The van der Waals surface area contributed by atoms with Crippen LogP contribution in [-0.4, -0.2) is 4.92 Å². The predicted octanol–water partition coefficient (Wildman–Crippen LogP) is 3.91. The number of fused-ring (bicyclic) bond motifs is 5. The molecule has 1 fully saturated rings. The maximum Gasteiger partial charge on any atom is 0.273 e. The van der Waals surface area contributed by atoms with Crippen LogP contribution in [-0.2, 0) is 0 Å². The lowest BCUT2D eigenvalue weighted by Gasteiger charge is -2.13. The highest BCUT2D eigenvalue weighted by molar-refractivity contribution is 5.62. The Bertz CT molecular complexity index is 541. The van der Waals surface area contributed by atoms with Gasteiger partial charge in [0, 0.05) is 23.5 Å². The van der Waals surface area contributed by atoms with Crippen LogP contribution in [0.4, 0.5) is 5.69 Å². The molecule has 2 aliphatic rings. The van der Waals surface area contributed by atoms with Crippen LogP contribution in [0.15, 0.2) is 29.3 Å². The van der Waals surface area contributed by atoms with Crippen LogP contribution >= 0.6 is 0 Å². The van der Waals surface area contributed by atoms with E-state index in [4.69, 9.17) is 0 Å². The van der Waals surface area contributed by atoms with Gasteiger partial charge in [-0.25, -0.2) is 0 Å². The molecule has 3 heteroatoms. The molecular weight excluding hydrogens is 214 g/mol. The maximum atomic E-state index is 11.1. The van der Waals surface area contributed by atoms with E-state index < -0.39 is 0 Å². The lowest BCUT2D eigenvalue weighted by Crippen LogP contribution is -2.02. The molecule has 0 saturated heterocycles. The van der Waals surface area contributed by atoms with Crippen molar-refractivity contribution in [1.82, 2.24) is 0 Å². The number of rotatable bonds is 1. The summed E-state index contributed by atoms with van der Waals surface area (Å²) < 4.78 is 0. The molecule has 17 heavy (non-hydrogen) atoms. The van der Waals surface area contributed by atoms with Crippen LogP contribution in [0.3, 0.4) is 0 Å². The van der Waals surface area contributed by atoms with Crippen molar-refractivity contribution in [3.63, 3.8) is 0 Å². The fourth-order valence-electron chi connectivity index (χ4n) is 3.62. The molecule has 0 heterocycles. The van der Waals surface area contributed by atoms with Crippen molar-refractivity contribution in [3.8, 4) is 0 Å². The average molecular weight is 229 g/mol. The topological polar surface area (TPSA) is 43.1 Å². The van der Waals surface area contributed by atoms with Crippen molar-refractivity contribution in [3.05, 3.63) is 50.6 Å². The highest BCUT2D eigenvalue weighted by atomic mass is 16.6. The maximum absolute atomic E-state index is 11.1. The van der Waals surface area contributed by atoms with Crippen molar-refractivity contribution in [2.24, 2.45) is 0 Å². The quantitative estimate of drug-likeness (QED) is 0.416. The first-order valence-electron chi connectivity index (χ1n) is 6.05. The van der Waals surface area contributed by atoms with Crippen LogP contribution in [0.2, 0.25) is 0 Å². The summed E-state index contributed by atoms with van der Waals surface area (Å²) in [4.78, 5) is 10.9. The summed E-state index contributed by atoms with van der Waals surface area (Å²) in [5, 5.41) is 11.1. The number of benzene rings is 1. The van der Waals surface area contributed by atoms with Gasteiger partial charge in [-0.15, -0.1) is 0 Å². The lowest BCUT2D eigenvalue weighted by molar-refractivity contribution is -0.385. The van der Waals surface area contributed by atoms with E-state index in [1.165, 1.54) is 16.7 Å². The second-order valence-corrected chi connectivity index (χ2v) is 5.18. The number of nitrogens with zero attached hydrogens (tertiary/aromatic N) is 1. The summed E-state index contributed by atoms with van der Waals surface area (Å²) in [7, 11) is 0. The van der Waals surface area contributed by atoms with Crippen LogP contribution in [0, 0.1) is 10.1 Å². The normalized spacial score (nSPS) is 24.9. The first-order chi connectivity index (χ1) is 8.11. The number of allylic oxidation sites excluding steroid dienone is 2. The Balaban J connectivity index is 2.26. The Morgan fingerprint density at radius 1 is 1.29 bits per heavy atom. The molecule has 0 N–H and O–H groups in total. The molecule has 0 spiro atoms. The molecule has 88 valence electrons. The van der Waals surface area contributed by atoms with Crippen LogP contribution < -0.4 is 0 Å². The monoisotopic (exact) mass is 229 g/mol. The first-order valence-corrected chi connectivity index (χ1v) is 6.05. The molecular formula is C14H15NO2. The molecule has 2 bridgehead atoms. The summed E-state index contributed by atoms with van der Waals surface area (Å²) in [5.41, 5.74) is 5.28. The minimum atomic E-state index is -0.234. The summed E-state index contributed by atoms with van der Waals surface area (Å²) in [5.74, 6) is 0.751. The summed E-state index contributed by atoms with van der Waals surface area (Å²) >= 11 is 0. The minimum absolute atomic E-state index is 0.234. The largest absolute Gasteiger partial charge is 0.273 e. The van der Waals surface area contributed by atoms with Gasteiger partial charge in [0.1, 0.15) is 0 Å². The van der Waals surface area contributed by atoms with E-state index in [1.807, 2.05) is 6.07 Å². The highest BCUT2D eigenvalue weighted by Crippen LogP contribution is 2.59. The predicted molar refractivity (Wildman–Crippen MR) is 66.2 cm³/mol. The Kier molecular flexibility index (Phi) is 2.12. The van der Waals surface area contributed by atoms with E-state index in [9.17, 15) is 10.1 Å². The average Bonchev–Trinajstić information content (AvgIpc) is 2.84. The second kappa shape index (κ2) is 3.42. The Morgan fingerprint density at radius 3 is 2.65 bits per heavy atom. The van der Waals surface area contributed by atoms with Gasteiger partial charge in [0.05, 0.1) is 4.92 Å². The van der Waals surface area contributed by atoms with Gasteiger partial charge >= 0.3 is 0 Å².